The third-order valence-electron chi connectivity index (χ3n) is 2.90. The van der Waals surface area contributed by atoms with E-state index in [0.717, 1.165) is 34.4 Å². The lowest BCUT2D eigenvalue weighted by molar-refractivity contribution is 0.281. The Hall–Kier alpha value is -1.61. The summed E-state index contributed by atoms with van der Waals surface area (Å²) in [5.74, 6) is 0. The minimum absolute atomic E-state index is 0.0545. The Labute approximate surface area is 94.7 Å². The molecule has 0 aliphatic rings. The Morgan fingerprint density at radius 1 is 1.31 bits per heavy atom. The van der Waals surface area contributed by atoms with E-state index in [9.17, 15) is 5.11 Å². The van der Waals surface area contributed by atoms with Crippen LogP contribution in [0.2, 0.25) is 0 Å². The van der Waals surface area contributed by atoms with Gasteiger partial charge in [0.25, 0.3) is 0 Å². The van der Waals surface area contributed by atoms with Gasteiger partial charge >= 0.3 is 0 Å². The number of rotatable bonds is 3. The molecule has 0 atom stereocenters. The summed E-state index contributed by atoms with van der Waals surface area (Å²) in [7, 11) is 0. The molecule has 0 fully saturated rings. The summed E-state index contributed by atoms with van der Waals surface area (Å²) in [4.78, 5) is 0. The van der Waals surface area contributed by atoms with Gasteiger partial charge in [0.15, 0.2) is 0 Å². The predicted molar refractivity (Wildman–Crippen MR) is 62.0 cm³/mol. The number of aryl methyl sites for hydroxylation is 1. The Balaban J connectivity index is 2.56. The van der Waals surface area contributed by atoms with Crippen LogP contribution in [0.3, 0.4) is 0 Å². The summed E-state index contributed by atoms with van der Waals surface area (Å²) >= 11 is 0. The van der Waals surface area contributed by atoms with Crippen LogP contribution in [0.5, 0.6) is 0 Å². The van der Waals surface area contributed by atoms with Crippen molar-refractivity contribution in [2.24, 2.45) is 0 Å². The second kappa shape index (κ2) is 4.49. The van der Waals surface area contributed by atoms with Crippen LogP contribution in [-0.4, -0.2) is 10.3 Å². The van der Waals surface area contributed by atoms with Crippen molar-refractivity contribution in [2.75, 3.05) is 0 Å². The summed E-state index contributed by atoms with van der Waals surface area (Å²) in [5.41, 5.74) is 5.02. The van der Waals surface area contributed by atoms with Crippen molar-refractivity contribution < 1.29 is 9.63 Å². The molecule has 0 spiro atoms. The van der Waals surface area contributed by atoms with Crippen LogP contribution in [0.1, 0.15) is 23.6 Å². The van der Waals surface area contributed by atoms with Crippen LogP contribution in [0.25, 0.3) is 11.3 Å². The zero-order valence-electron chi connectivity index (χ0n) is 9.53. The normalized spacial score (nSPS) is 10.7. The highest BCUT2D eigenvalue weighted by molar-refractivity contribution is 5.67. The first-order valence-corrected chi connectivity index (χ1v) is 5.41. The molecule has 0 unspecified atom stereocenters. The van der Waals surface area contributed by atoms with Crippen LogP contribution in [-0.2, 0) is 13.0 Å². The van der Waals surface area contributed by atoms with Gasteiger partial charge in [-0.3, -0.25) is 0 Å². The molecular weight excluding hydrogens is 202 g/mol. The molecule has 0 amide bonds. The number of hydrogen-bond donors (Lipinski definition) is 1. The van der Waals surface area contributed by atoms with E-state index in [0.29, 0.717) is 0 Å². The molecule has 3 heteroatoms. The summed E-state index contributed by atoms with van der Waals surface area (Å²) in [5, 5.41) is 13.3. The Morgan fingerprint density at radius 3 is 2.81 bits per heavy atom. The fourth-order valence-electron chi connectivity index (χ4n) is 1.84. The minimum atomic E-state index is 0.0545. The first-order valence-electron chi connectivity index (χ1n) is 5.41. The van der Waals surface area contributed by atoms with Crippen LogP contribution < -0.4 is 0 Å². The molecule has 0 aliphatic heterocycles. The van der Waals surface area contributed by atoms with Crippen molar-refractivity contribution in [2.45, 2.75) is 26.9 Å². The average Bonchev–Trinajstić information content (AvgIpc) is 2.77. The zero-order chi connectivity index (χ0) is 11.5. The molecule has 1 aromatic carbocycles. The quantitative estimate of drug-likeness (QED) is 0.859. The third-order valence-corrected chi connectivity index (χ3v) is 2.90. The van der Waals surface area contributed by atoms with Crippen molar-refractivity contribution in [3.63, 3.8) is 0 Å². The van der Waals surface area contributed by atoms with Gasteiger partial charge < -0.3 is 9.63 Å². The number of nitrogens with zero attached hydrogens (tertiary/aromatic N) is 1. The molecule has 0 saturated carbocycles. The standard InChI is InChI=1S/C13H15NO2/c1-3-10-8-16-14-13(10)12-6-4-5-11(7-15)9(12)2/h4-6,8,15H,3,7H2,1-2H3. The lowest BCUT2D eigenvalue weighted by atomic mass is 9.98. The number of aliphatic hydroxyl groups is 1. The summed E-state index contributed by atoms with van der Waals surface area (Å²) in [6, 6.07) is 5.86. The lowest BCUT2D eigenvalue weighted by Crippen LogP contribution is -1.93. The topological polar surface area (TPSA) is 46.3 Å². The SMILES string of the molecule is CCc1conc1-c1cccc(CO)c1C. The van der Waals surface area contributed by atoms with E-state index in [1.54, 1.807) is 6.26 Å². The molecule has 0 aliphatic carbocycles. The van der Waals surface area contributed by atoms with Crippen molar-refractivity contribution in [3.05, 3.63) is 41.2 Å². The summed E-state index contributed by atoms with van der Waals surface area (Å²) in [6.45, 7) is 4.12. The average molecular weight is 217 g/mol. The van der Waals surface area contributed by atoms with Crippen molar-refractivity contribution in [1.82, 2.24) is 5.16 Å². The maximum absolute atomic E-state index is 9.22. The summed E-state index contributed by atoms with van der Waals surface area (Å²) < 4.78 is 5.01. The number of hydrogen-bond acceptors (Lipinski definition) is 3. The second-order valence-corrected chi connectivity index (χ2v) is 3.79. The smallest absolute Gasteiger partial charge is 0.127 e. The van der Waals surface area contributed by atoms with E-state index in [4.69, 9.17) is 4.52 Å². The number of aliphatic hydroxyl groups excluding tert-OH is 1. The van der Waals surface area contributed by atoms with Gasteiger partial charge in [0, 0.05) is 11.1 Å². The monoisotopic (exact) mass is 217 g/mol. The van der Waals surface area contributed by atoms with Crippen LogP contribution >= 0.6 is 0 Å². The molecule has 2 aromatic rings. The summed E-state index contributed by atoms with van der Waals surface area (Å²) in [6.07, 6.45) is 2.57. The molecule has 1 aromatic heterocycles. The van der Waals surface area contributed by atoms with E-state index in [1.807, 2.05) is 25.1 Å². The van der Waals surface area contributed by atoms with Gasteiger partial charge in [-0.05, 0) is 24.5 Å². The van der Waals surface area contributed by atoms with Gasteiger partial charge in [-0.15, -0.1) is 0 Å². The van der Waals surface area contributed by atoms with Gasteiger partial charge in [-0.1, -0.05) is 30.3 Å². The minimum Gasteiger partial charge on any atom is -0.392 e. The van der Waals surface area contributed by atoms with Gasteiger partial charge in [0.1, 0.15) is 12.0 Å². The van der Waals surface area contributed by atoms with E-state index in [1.165, 1.54) is 0 Å². The van der Waals surface area contributed by atoms with E-state index < -0.39 is 0 Å². The fraction of sp³-hybridized carbons (Fsp3) is 0.308. The number of aromatic nitrogens is 1. The Morgan fingerprint density at radius 2 is 2.12 bits per heavy atom. The van der Waals surface area contributed by atoms with Crippen LogP contribution in [0.4, 0.5) is 0 Å². The molecule has 1 heterocycles. The number of benzene rings is 1. The van der Waals surface area contributed by atoms with Gasteiger partial charge in [-0.2, -0.15) is 0 Å². The predicted octanol–water partition coefficient (Wildman–Crippen LogP) is 2.70. The van der Waals surface area contributed by atoms with Crippen LogP contribution in [0.15, 0.2) is 29.0 Å². The molecule has 0 saturated heterocycles. The maximum atomic E-state index is 9.22. The zero-order valence-corrected chi connectivity index (χ0v) is 9.53. The van der Waals surface area contributed by atoms with Gasteiger partial charge in [-0.25, -0.2) is 0 Å². The Bertz CT molecular complexity index is 488. The molecule has 16 heavy (non-hydrogen) atoms. The van der Waals surface area contributed by atoms with E-state index in [2.05, 4.69) is 12.1 Å². The van der Waals surface area contributed by atoms with Gasteiger partial charge in [0.2, 0.25) is 0 Å². The highest BCUT2D eigenvalue weighted by Crippen LogP contribution is 2.27. The lowest BCUT2D eigenvalue weighted by Gasteiger charge is -2.08. The molecule has 2 rings (SSSR count). The van der Waals surface area contributed by atoms with Crippen molar-refractivity contribution in [1.29, 1.82) is 0 Å². The van der Waals surface area contributed by atoms with E-state index in [-0.39, 0.29) is 6.61 Å². The van der Waals surface area contributed by atoms with Crippen LogP contribution in [0, 0.1) is 6.92 Å². The molecule has 84 valence electrons. The second-order valence-electron chi connectivity index (χ2n) is 3.79. The molecule has 0 radical (unpaired) electrons. The molecule has 0 bridgehead atoms. The first kappa shape index (κ1) is 10.9. The molecule has 3 nitrogen and oxygen atoms in total. The fourth-order valence-corrected chi connectivity index (χ4v) is 1.84. The third kappa shape index (κ3) is 1.74. The largest absolute Gasteiger partial charge is 0.392 e. The van der Waals surface area contributed by atoms with Crippen molar-refractivity contribution >= 4 is 0 Å². The highest BCUT2D eigenvalue weighted by atomic mass is 16.5. The highest BCUT2D eigenvalue weighted by Gasteiger charge is 2.12. The van der Waals surface area contributed by atoms with E-state index >= 15 is 0 Å². The molecule has 1 N–H and O–H groups in total. The Kier molecular flexibility index (Phi) is 3.06. The first-order chi connectivity index (χ1) is 7.77. The van der Waals surface area contributed by atoms with Gasteiger partial charge in [0.05, 0.1) is 6.61 Å². The molecular formula is C13H15NO2. The maximum Gasteiger partial charge on any atom is 0.127 e. The van der Waals surface area contributed by atoms with Crippen molar-refractivity contribution in [3.8, 4) is 11.3 Å².